The van der Waals surface area contributed by atoms with Crippen LogP contribution >= 0.6 is 35.6 Å². The average Bonchev–Trinajstić information content (AvgIpc) is 2.93. The lowest BCUT2D eigenvalue weighted by molar-refractivity contribution is 0.230. The van der Waals surface area contributed by atoms with Crippen molar-refractivity contribution in [1.82, 2.24) is 14.9 Å². The van der Waals surface area contributed by atoms with Gasteiger partial charge in [-0.15, -0.1) is 24.0 Å². The molecule has 0 saturated carbocycles. The van der Waals surface area contributed by atoms with Crippen LogP contribution in [0.25, 0.3) is 0 Å². The summed E-state index contributed by atoms with van der Waals surface area (Å²) in [6, 6.07) is 7.21. The lowest BCUT2D eigenvalue weighted by Gasteiger charge is -2.17. The largest absolute Gasteiger partial charge is 0.489 e. The van der Waals surface area contributed by atoms with E-state index in [0.717, 1.165) is 12.3 Å². The molecule has 0 spiro atoms. The van der Waals surface area contributed by atoms with Crippen molar-refractivity contribution in [2.75, 3.05) is 38.5 Å². The molecule has 2 rings (SSSR count). The molecule has 0 amide bonds. The summed E-state index contributed by atoms with van der Waals surface area (Å²) in [5.74, 6) is 1.64. The first kappa shape index (κ1) is 24.3. The zero-order valence-corrected chi connectivity index (χ0v) is 19.6. The molecule has 0 radical (unpaired) electrons. The minimum atomic E-state index is -3.06. The number of nitrogens with zero attached hydrogens (tertiary/aromatic N) is 2. The van der Waals surface area contributed by atoms with Gasteiger partial charge in [-0.05, 0) is 44.5 Å². The molecule has 1 heterocycles. The Morgan fingerprint density at radius 3 is 2.63 bits per heavy atom. The Kier molecular flexibility index (Phi) is 10.7. The van der Waals surface area contributed by atoms with Crippen LogP contribution < -0.4 is 15.4 Å². The van der Waals surface area contributed by atoms with Gasteiger partial charge in [-0.2, -0.15) is 0 Å². The molecule has 27 heavy (non-hydrogen) atoms. The molecule has 0 bridgehead atoms. The zero-order valence-electron chi connectivity index (χ0n) is 15.7. The SMILES string of the molecule is CCNC(=NCC(C)Oc1ccc(Cl)cc1)NCCN1CCCS1(=O)=O.I. The van der Waals surface area contributed by atoms with Gasteiger partial charge >= 0.3 is 0 Å². The molecule has 1 aromatic rings. The maximum absolute atomic E-state index is 11.8. The van der Waals surface area contributed by atoms with Gasteiger partial charge in [0.15, 0.2) is 5.96 Å². The van der Waals surface area contributed by atoms with Gasteiger partial charge in [0.2, 0.25) is 10.0 Å². The fourth-order valence-electron chi connectivity index (χ4n) is 2.59. The smallest absolute Gasteiger partial charge is 0.214 e. The number of hydrogen-bond donors (Lipinski definition) is 2. The summed E-state index contributed by atoms with van der Waals surface area (Å²) in [4.78, 5) is 4.50. The monoisotopic (exact) mass is 530 g/mol. The first-order valence-electron chi connectivity index (χ1n) is 8.83. The normalized spacial score (nSPS) is 17.8. The predicted octanol–water partition coefficient (Wildman–Crippen LogP) is 2.32. The fraction of sp³-hybridized carbons (Fsp3) is 0.588. The highest BCUT2D eigenvalue weighted by molar-refractivity contribution is 14.0. The van der Waals surface area contributed by atoms with Crippen molar-refractivity contribution in [2.24, 2.45) is 4.99 Å². The van der Waals surface area contributed by atoms with Crippen molar-refractivity contribution in [3.05, 3.63) is 29.3 Å². The summed E-state index contributed by atoms with van der Waals surface area (Å²) in [5.41, 5.74) is 0. The van der Waals surface area contributed by atoms with Crippen molar-refractivity contribution in [3.8, 4) is 5.75 Å². The number of nitrogens with one attached hydrogen (secondary N) is 2. The molecule has 0 aromatic heterocycles. The van der Waals surface area contributed by atoms with Gasteiger partial charge in [-0.25, -0.2) is 17.7 Å². The van der Waals surface area contributed by atoms with Crippen molar-refractivity contribution < 1.29 is 13.2 Å². The Balaban J connectivity index is 0.00000364. The van der Waals surface area contributed by atoms with Crippen LogP contribution in [0.3, 0.4) is 0 Å². The number of benzene rings is 1. The highest BCUT2D eigenvalue weighted by atomic mass is 127. The van der Waals surface area contributed by atoms with E-state index in [0.29, 0.717) is 43.6 Å². The Morgan fingerprint density at radius 1 is 1.33 bits per heavy atom. The van der Waals surface area contributed by atoms with Gasteiger partial charge < -0.3 is 15.4 Å². The first-order valence-corrected chi connectivity index (χ1v) is 10.8. The van der Waals surface area contributed by atoms with E-state index in [1.807, 2.05) is 26.0 Å². The van der Waals surface area contributed by atoms with E-state index in [1.165, 1.54) is 4.31 Å². The van der Waals surface area contributed by atoms with Gasteiger partial charge in [0, 0.05) is 31.2 Å². The number of aliphatic imine (C=N–C) groups is 1. The van der Waals surface area contributed by atoms with E-state index in [9.17, 15) is 8.42 Å². The molecule has 1 fully saturated rings. The number of rotatable bonds is 8. The molecule has 1 aliphatic rings. The summed E-state index contributed by atoms with van der Waals surface area (Å²) in [6.45, 7) is 6.68. The quantitative estimate of drug-likeness (QED) is 0.306. The minimum Gasteiger partial charge on any atom is -0.489 e. The molecule has 1 unspecified atom stereocenters. The summed E-state index contributed by atoms with van der Waals surface area (Å²) >= 11 is 5.86. The Morgan fingerprint density at radius 2 is 2.04 bits per heavy atom. The molecule has 1 aliphatic heterocycles. The number of halogens is 2. The number of guanidine groups is 1. The van der Waals surface area contributed by atoms with Crippen molar-refractivity contribution in [1.29, 1.82) is 0 Å². The third kappa shape index (κ3) is 8.41. The van der Waals surface area contributed by atoms with Crippen molar-refractivity contribution in [3.63, 3.8) is 0 Å². The predicted molar refractivity (Wildman–Crippen MR) is 121 cm³/mol. The van der Waals surface area contributed by atoms with Crippen molar-refractivity contribution >= 4 is 51.6 Å². The van der Waals surface area contributed by atoms with Crippen LogP contribution in [0.15, 0.2) is 29.3 Å². The van der Waals surface area contributed by atoms with E-state index in [4.69, 9.17) is 16.3 Å². The Bertz CT molecular complexity index is 701. The first-order chi connectivity index (χ1) is 12.4. The van der Waals surface area contributed by atoms with Crippen LogP contribution in [0, 0.1) is 0 Å². The lowest BCUT2D eigenvalue weighted by atomic mass is 10.3. The van der Waals surface area contributed by atoms with E-state index >= 15 is 0 Å². The Hall–Kier alpha value is -0.780. The van der Waals surface area contributed by atoms with Crippen LogP contribution in [0.5, 0.6) is 5.75 Å². The molecule has 1 atom stereocenters. The van der Waals surface area contributed by atoms with Gasteiger partial charge in [-0.3, -0.25) is 0 Å². The third-order valence-electron chi connectivity index (χ3n) is 3.86. The minimum absolute atomic E-state index is 0. The zero-order chi connectivity index (χ0) is 19.0. The second kappa shape index (κ2) is 11.9. The summed E-state index contributed by atoms with van der Waals surface area (Å²) in [6.07, 6.45) is 0.598. The molecule has 7 nitrogen and oxygen atoms in total. The maximum Gasteiger partial charge on any atom is 0.214 e. The third-order valence-corrected chi connectivity index (χ3v) is 6.07. The molecule has 10 heteroatoms. The van der Waals surface area contributed by atoms with Crippen LogP contribution in [-0.4, -0.2) is 63.3 Å². The number of sulfonamides is 1. The fourth-order valence-corrected chi connectivity index (χ4v) is 4.24. The van der Waals surface area contributed by atoms with E-state index in [2.05, 4.69) is 15.6 Å². The van der Waals surface area contributed by atoms with Crippen LogP contribution in [0.1, 0.15) is 20.3 Å². The topological polar surface area (TPSA) is 83.0 Å². The van der Waals surface area contributed by atoms with Crippen LogP contribution in [0.2, 0.25) is 5.02 Å². The van der Waals surface area contributed by atoms with Crippen LogP contribution in [-0.2, 0) is 10.0 Å². The van der Waals surface area contributed by atoms with E-state index < -0.39 is 10.0 Å². The molecule has 1 saturated heterocycles. The second-order valence-electron chi connectivity index (χ2n) is 6.10. The summed E-state index contributed by atoms with van der Waals surface area (Å²) in [5, 5.41) is 6.99. The standard InChI is InChI=1S/C17H27ClN4O3S.HI/c1-3-19-17(20-9-11-22-10-4-12-26(22,23)24)21-13-14(2)25-16-7-5-15(18)6-8-16;/h5-8,14H,3-4,9-13H2,1-2H3,(H2,19,20,21);1H. The van der Waals surface area contributed by atoms with Crippen molar-refractivity contribution in [2.45, 2.75) is 26.4 Å². The van der Waals surface area contributed by atoms with E-state index in [-0.39, 0.29) is 35.8 Å². The Labute approximate surface area is 184 Å². The molecular formula is C17H28ClIN4O3S. The number of ether oxygens (including phenoxy) is 1. The van der Waals surface area contributed by atoms with Crippen LogP contribution in [0.4, 0.5) is 0 Å². The van der Waals surface area contributed by atoms with E-state index in [1.54, 1.807) is 12.1 Å². The van der Waals surface area contributed by atoms with Gasteiger partial charge in [0.05, 0.1) is 12.3 Å². The summed E-state index contributed by atoms with van der Waals surface area (Å²) in [7, 11) is -3.06. The van der Waals surface area contributed by atoms with Gasteiger partial charge in [0.25, 0.3) is 0 Å². The molecular weight excluding hydrogens is 503 g/mol. The number of hydrogen-bond acceptors (Lipinski definition) is 4. The molecule has 1 aromatic carbocycles. The molecule has 154 valence electrons. The summed E-state index contributed by atoms with van der Waals surface area (Å²) < 4.78 is 30.9. The molecule has 2 N–H and O–H groups in total. The maximum atomic E-state index is 11.8. The average molecular weight is 531 g/mol. The molecule has 0 aliphatic carbocycles. The lowest BCUT2D eigenvalue weighted by Crippen LogP contribution is -2.42. The van der Waals surface area contributed by atoms with Gasteiger partial charge in [-0.1, -0.05) is 11.6 Å². The highest BCUT2D eigenvalue weighted by Crippen LogP contribution is 2.16. The van der Waals surface area contributed by atoms with Gasteiger partial charge in [0.1, 0.15) is 11.9 Å². The second-order valence-corrected chi connectivity index (χ2v) is 8.62. The highest BCUT2D eigenvalue weighted by Gasteiger charge is 2.27.